The van der Waals surface area contributed by atoms with Crippen LogP contribution in [0, 0.1) is 15.9 Å². The van der Waals surface area contributed by atoms with Crippen LogP contribution in [0.3, 0.4) is 0 Å². The Kier molecular flexibility index (Phi) is 3.00. The van der Waals surface area contributed by atoms with Crippen LogP contribution in [0.2, 0.25) is 0 Å². The average molecular weight is 250 g/mol. The molecule has 8 heteroatoms. The van der Waals surface area contributed by atoms with Crippen LogP contribution in [0.25, 0.3) is 0 Å². The van der Waals surface area contributed by atoms with Gasteiger partial charge in [-0.15, -0.1) is 0 Å². The Morgan fingerprint density at radius 1 is 1.50 bits per heavy atom. The lowest BCUT2D eigenvalue weighted by Gasteiger charge is -2.03. The maximum atomic E-state index is 13.3. The highest BCUT2D eigenvalue weighted by Gasteiger charge is 2.15. The van der Waals surface area contributed by atoms with Gasteiger partial charge in [-0.2, -0.15) is 9.49 Å². The molecule has 0 atom stereocenters. The molecule has 1 heterocycles. The van der Waals surface area contributed by atoms with Crippen molar-refractivity contribution < 1.29 is 14.1 Å². The molecule has 0 radical (unpaired) electrons. The van der Waals surface area contributed by atoms with Crippen LogP contribution in [0.15, 0.2) is 30.6 Å². The molecule has 2 N–H and O–H groups in total. The lowest BCUT2D eigenvalue weighted by atomic mass is 10.2. The summed E-state index contributed by atoms with van der Waals surface area (Å²) in [6.45, 7) is 0. The van der Waals surface area contributed by atoms with Gasteiger partial charge >= 0.3 is 5.69 Å². The normalized spacial score (nSPS) is 10.1. The van der Waals surface area contributed by atoms with Crippen LogP contribution in [0.5, 0.6) is 0 Å². The number of nitrogens with one attached hydrogen (secondary N) is 2. The van der Waals surface area contributed by atoms with E-state index >= 15 is 0 Å². The maximum absolute atomic E-state index is 13.3. The highest BCUT2D eigenvalue weighted by molar-refractivity contribution is 6.03. The number of nitro groups is 1. The van der Waals surface area contributed by atoms with E-state index in [0.717, 1.165) is 12.1 Å². The van der Waals surface area contributed by atoms with E-state index in [9.17, 15) is 19.3 Å². The summed E-state index contributed by atoms with van der Waals surface area (Å²) in [4.78, 5) is 21.1. The topological polar surface area (TPSA) is 101 Å². The lowest BCUT2D eigenvalue weighted by molar-refractivity contribution is -0.387. The van der Waals surface area contributed by atoms with Crippen LogP contribution in [0.1, 0.15) is 10.4 Å². The molecule has 18 heavy (non-hydrogen) atoms. The predicted octanol–water partition coefficient (Wildman–Crippen LogP) is 1.71. The number of carbonyl (C=O) groups is 1. The summed E-state index contributed by atoms with van der Waals surface area (Å²) in [5.41, 5.74) is -0.241. The number of amides is 1. The average Bonchev–Trinajstić information content (AvgIpc) is 2.81. The van der Waals surface area contributed by atoms with Gasteiger partial charge in [-0.05, 0) is 6.07 Å². The van der Waals surface area contributed by atoms with Crippen molar-refractivity contribution in [3.8, 4) is 0 Å². The number of anilines is 1. The van der Waals surface area contributed by atoms with Crippen molar-refractivity contribution in [2.75, 3.05) is 5.32 Å². The zero-order valence-corrected chi connectivity index (χ0v) is 8.88. The Hall–Kier alpha value is -2.77. The Morgan fingerprint density at radius 2 is 2.28 bits per heavy atom. The molecule has 0 fully saturated rings. The molecule has 0 aliphatic carbocycles. The third-order valence-electron chi connectivity index (χ3n) is 2.16. The number of halogens is 1. The van der Waals surface area contributed by atoms with Crippen molar-refractivity contribution in [2.45, 2.75) is 0 Å². The zero-order chi connectivity index (χ0) is 13.1. The zero-order valence-electron chi connectivity index (χ0n) is 8.88. The minimum atomic E-state index is -1.01. The van der Waals surface area contributed by atoms with Crippen molar-refractivity contribution in [1.29, 1.82) is 0 Å². The van der Waals surface area contributed by atoms with Crippen molar-refractivity contribution in [3.05, 3.63) is 52.1 Å². The summed E-state index contributed by atoms with van der Waals surface area (Å²) in [5, 5.41) is 18.8. The van der Waals surface area contributed by atoms with E-state index < -0.39 is 22.3 Å². The first kappa shape index (κ1) is 11.7. The molecule has 0 saturated heterocycles. The van der Waals surface area contributed by atoms with Gasteiger partial charge in [0, 0.05) is 24.0 Å². The van der Waals surface area contributed by atoms with Crippen molar-refractivity contribution in [1.82, 2.24) is 10.2 Å². The summed E-state index contributed by atoms with van der Waals surface area (Å²) in [7, 11) is 0. The summed E-state index contributed by atoms with van der Waals surface area (Å²) in [5.74, 6) is -1.50. The molecule has 0 saturated carbocycles. The number of H-pyrrole nitrogens is 1. The van der Waals surface area contributed by atoms with E-state index in [1.807, 2.05) is 0 Å². The highest BCUT2D eigenvalue weighted by atomic mass is 19.1. The molecule has 0 aliphatic rings. The fourth-order valence-corrected chi connectivity index (χ4v) is 1.31. The molecule has 1 amide bonds. The maximum Gasteiger partial charge on any atom is 0.304 e. The third kappa shape index (κ3) is 2.32. The minimum absolute atomic E-state index is 0.129. The van der Waals surface area contributed by atoms with E-state index in [4.69, 9.17) is 0 Å². The van der Waals surface area contributed by atoms with Gasteiger partial charge in [0.15, 0.2) is 0 Å². The number of nitro benzene ring substituents is 1. The first-order valence-electron chi connectivity index (χ1n) is 4.82. The largest absolute Gasteiger partial charge is 0.322 e. The quantitative estimate of drug-likeness (QED) is 0.639. The third-order valence-corrected chi connectivity index (χ3v) is 2.16. The first-order chi connectivity index (χ1) is 8.58. The molecule has 1 aromatic heterocycles. The molecule has 92 valence electrons. The lowest BCUT2D eigenvalue weighted by Crippen LogP contribution is -2.11. The molecule has 7 nitrogen and oxygen atoms in total. The summed E-state index contributed by atoms with van der Waals surface area (Å²) in [6, 6.07) is 3.12. The van der Waals surface area contributed by atoms with Gasteiger partial charge in [0.2, 0.25) is 5.82 Å². The molecule has 1 aromatic carbocycles. The molecule has 0 spiro atoms. The smallest absolute Gasteiger partial charge is 0.304 e. The molecule has 2 rings (SSSR count). The van der Waals surface area contributed by atoms with Crippen LogP contribution in [-0.4, -0.2) is 21.0 Å². The van der Waals surface area contributed by atoms with Gasteiger partial charge in [-0.3, -0.25) is 20.0 Å². The Morgan fingerprint density at radius 3 is 2.83 bits per heavy atom. The second-order valence-electron chi connectivity index (χ2n) is 3.36. The summed E-state index contributed by atoms with van der Waals surface area (Å²) < 4.78 is 13.3. The first-order valence-corrected chi connectivity index (χ1v) is 4.82. The van der Waals surface area contributed by atoms with Crippen LogP contribution in [0.4, 0.5) is 15.8 Å². The van der Waals surface area contributed by atoms with Gasteiger partial charge in [0.25, 0.3) is 5.91 Å². The Bertz CT molecular complexity index is 597. The monoisotopic (exact) mass is 250 g/mol. The molecule has 2 aromatic rings. The molecular weight excluding hydrogens is 243 g/mol. The number of hydrogen-bond acceptors (Lipinski definition) is 4. The fraction of sp³-hybridized carbons (Fsp3) is 0. The Balaban J connectivity index is 2.18. The predicted molar refractivity (Wildman–Crippen MR) is 59.6 cm³/mol. The SMILES string of the molecule is O=C(Nc1ccc([N+](=O)[O-])c(F)c1)c1cn[nH]c1. The van der Waals surface area contributed by atoms with Crippen LogP contribution in [-0.2, 0) is 0 Å². The molecule has 0 bridgehead atoms. The van der Waals surface area contributed by atoms with E-state index in [0.29, 0.717) is 0 Å². The Labute approximate surface area is 99.8 Å². The second kappa shape index (κ2) is 4.62. The number of aromatic amines is 1. The minimum Gasteiger partial charge on any atom is -0.322 e. The summed E-state index contributed by atoms with van der Waals surface area (Å²) in [6.07, 6.45) is 2.67. The highest BCUT2D eigenvalue weighted by Crippen LogP contribution is 2.21. The van der Waals surface area contributed by atoms with Crippen molar-refractivity contribution in [3.63, 3.8) is 0 Å². The number of benzene rings is 1. The van der Waals surface area contributed by atoms with Gasteiger partial charge < -0.3 is 5.32 Å². The van der Waals surface area contributed by atoms with E-state index in [-0.39, 0.29) is 11.3 Å². The van der Waals surface area contributed by atoms with Gasteiger partial charge in [0.1, 0.15) is 0 Å². The van der Waals surface area contributed by atoms with E-state index in [1.54, 1.807) is 0 Å². The molecule has 0 aliphatic heterocycles. The standard InChI is InChI=1S/C10H7FN4O3/c11-8-3-7(1-2-9(8)15(17)18)14-10(16)6-4-12-13-5-6/h1-5H,(H,12,13)(H,14,16). The van der Waals surface area contributed by atoms with Crippen LogP contribution < -0.4 is 5.32 Å². The van der Waals surface area contributed by atoms with Crippen molar-refractivity contribution in [2.24, 2.45) is 0 Å². The van der Waals surface area contributed by atoms with Gasteiger partial charge in [-0.1, -0.05) is 0 Å². The number of aromatic nitrogens is 2. The molecular formula is C10H7FN4O3. The number of carbonyl (C=O) groups excluding carboxylic acids is 1. The van der Waals surface area contributed by atoms with E-state index in [1.165, 1.54) is 18.5 Å². The van der Waals surface area contributed by atoms with Gasteiger partial charge in [0.05, 0.1) is 16.7 Å². The fourth-order valence-electron chi connectivity index (χ4n) is 1.31. The van der Waals surface area contributed by atoms with Crippen LogP contribution >= 0.6 is 0 Å². The number of nitrogens with zero attached hydrogens (tertiary/aromatic N) is 2. The number of hydrogen-bond donors (Lipinski definition) is 2. The van der Waals surface area contributed by atoms with Gasteiger partial charge in [-0.25, -0.2) is 0 Å². The van der Waals surface area contributed by atoms with E-state index in [2.05, 4.69) is 15.5 Å². The summed E-state index contributed by atoms with van der Waals surface area (Å²) >= 11 is 0. The van der Waals surface area contributed by atoms with Crippen molar-refractivity contribution >= 4 is 17.3 Å². The number of rotatable bonds is 3. The second-order valence-corrected chi connectivity index (χ2v) is 3.36. The molecule has 0 unspecified atom stereocenters.